The van der Waals surface area contributed by atoms with E-state index in [4.69, 9.17) is 4.74 Å². The molecule has 7 nitrogen and oxygen atoms in total. The predicted octanol–water partition coefficient (Wildman–Crippen LogP) is 3.78. The molecule has 1 fully saturated rings. The molecule has 2 aromatic carbocycles. The lowest BCUT2D eigenvalue weighted by atomic mass is 10.1. The maximum absolute atomic E-state index is 13.2. The Hall–Kier alpha value is -3.13. The second-order valence-corrected chi connectivity index (χ2v) is 10.3. The number of nitrogens with zero attached hydrogens (tertiary/aromatic N) is 2. The molecule has 1 aliphatic heterocycles. The molecule has 5 rings (SSSR count). The van der Waals surface area contributed by atoms with Crippen molar-refractivity contribution < 1.29 is 17.9 Å². The summed E-state index contributed by atoms with van der Waals surface area (Å²) in [4.78, 5) is 13.2. The number of aryl methyl sites for hydroxylation is 1. The standard InChI is InChI=1S/C23H23N3O4S/c27-23(24-16-9-11-19(12-10-16)30-18-5-2-1-3-6-18)22-20-7-4-8-21(20)25-26(22)17-13-14-31(28,29)15-17/h1-3,5-6,9-12,17H,4,7-8,13-15H2,(H,24,27)/t17-/m0/s1. The predicted molar refractivity (Wildman–Crippen MR) is 117 cm³/mol. The number of ether oxygens (including phenoxy) is 1. The number of carbonyl (C=O) groups is 1. The molecule has 31 heavy (non-hydrogen) atoms. The van der Waals surface area contributed by atoms with Gasteiger partial charge in [-0.3, -0.25) is 9.48 Å². The Morgan fingerprint density at radius 2 is 1.77 bits per heavy atom. The molecule has 1 amide bonds. The van der Waals surface area contributed by atoms with E-state index in [2.05, 4.69) is 10.4 Å². The Kier molecular flexibility index (Phi) is 5.02. The van der Waals surface area contributed by atoms with E-state index < -0.39 is 9.84 Å². The van der Waals surface area contributed by atoms with Crippen LogP contribution in [0.3, 0.4) is 0 Å². The highest BCUT2D eigenvalue weighted by Crippen LogP contribution is 2.32. The van der Waals surface area contributed by atoms with Crippen LogP contribution in [-0.4, -0.2) is 35.6 Å². The first-order valence-corrected chi connectivity index (χ1v) is 12.3. The van der Waals surface area contributed by atoms with Crippen molar-refractivity contribution in [2.45, 2.75) is 31.7 Å². The Morgan fingerprint density at radius 3 is 2.48 bits per heavy atom. The number of amides is 1. The van der Waals surface area contributed by atoms with E-state index >= 15 is 0 Å². The topological polar surface area (TPSA) is 90.3 Å². The van der Waals surface area contributed by atoms with E-state index in [0.29, 0.717) is 23.6 Å². The molecule has 0 saturated carbocycles. The highest BCUT2D eigenvalue weighted by molar-refractivity contribution is 7.91. The summed E-state index contributed by atoms with van der Waals surface area (Å²) >= 11 is 0. The minimum Gasteiger partial charge on any atom is -0.457 e. The molecule has 8 heteroatoms. The number of sulfone groups is 1. The third-order valence-electron chi connectivity index (χ3n) is 5.79. The summed E-state index contributed by atoms with van der Waals surface area (Å²) in [5.74, 6) is 1.35. The SMILES string of the molecule is O=C(Nc1ccc(Oc2ccccc2)cc1)c1c2c(nn1[C@H]1CCS(=O)(=O)C1)CCC2. The summed E-state index contributed by atoms with van der Waals surface area (Å²) in [7, 11) is -3.07. The maximum atomic E-state index is 13.2. The van der Waals surface area contributed by atoms with Crippen LogP contribution in [-0.2, 0) is 22.7 Å². The van der Waals surface area contributed by atoms with Crippen LogP contribution in [0, 0.1) is 0 Å². The summed E-state index contributed by atoms with van der Waals surface area (Å²) in [6, 6.07) is 16.4. The van der Waals surface area contributed by atoms with Crippen molar-refractivity contribution in [2.75, 3.05) is 16.8 Å². The Bertz CT molecular complexity index is 1220. The van der Waals surface area contributed by atoms with E-state index in [1.165, 1.54) is 0 Å². The molecule has 1 N–H and O–H groups in total. The average molecular weight is 438 g/mol. The second-order valence-electron chi connectivity index (χ2n) is 8.02. The summed E-state index contributed by atoms with van der Waals surface area (Å²) in [5.41, 5.74) is 3.01. The molecule has 160 valence electrons. The Morgan fingerprint density at radius 1 is 1.03 bits per heavy atom. The fourth-order valence-corrected chi connectivity index (χ4v) is 6.00. The van der Waals surface area contributed by atoms with Gasteiger partial charge in [-0.25, -0.2) is 8.42 Å². The van der Waals surface area contributed by atoms with Crippen molar-refractivity contribution in [1.82, 2.24) is 9.78 Å². The van der Waals surface area contributed by atoms with E-state index in [1.54, 1.807) is 28.9 Å². The molecule has 0 bridgehead atoms. The Labute approximate surface area is 181 Å². The molecule has 1 atom stereocenters. The summed E-state index contributed by atoms with van der Waals surface area (Å²) in [5, 5.41) is 7.58. The summed E-state index contributed by atoms with van der Waals surface area (Å²) in [6.45, 7) is 0. The fourth-order valence-electron chi connectivity index (χ4n) is 4.31. The maximum Gasteiger partial charge on any atom is 0.274 e. The van der Waals surface area contributed by atoms with Gasteiger partial charge in [-0.1, -0.05) is 18.2 Å². The lowest BCUT2D eigenvalue weighted by Gasteiger charge is -2.15. The normalized spacial score (nSPS) is 19.2. The van der Waals surface area contributed by atoms with E-state index in [-0.39, 0.29) is 23.5 Å². The van der Waals surface area contributed by atoms with Gasteiger partial charge >= 0.3 is 0 Å². The number of hydrogen-bond donors (Lipinski definition) is 1. The number of rotatable bonds is 5. The molecule has 0 radical (unpaired) electrons. The molecule has 0 unspecified atom stereocenters. The van der Waals surface area contributed by atoms with Crippen LogP contribution in [0.4, 0.5) is 5.69 Å². The van der Waals surface area contributed by atoms with Gasteiger partial charge in [-0.2, -0.15) is 5.10 Å². The average Bonchev–Trinajstić information content (AvgIpc) is 3.44. The zero-order chi connectivity index (χ0) is 21.4. The third kappa shape index (κ3) is 4.07. The van der Waals surface area contributed by atoms with Crippen LogP contribution in [0.5, 0.6) is 11.5 Å². The molecule has 1 aliphatic carbocycles. The number of carbonyl (C=O) groups excluding carboxylic acids is 1. The van der Waals surface area contributed by atoms with Crippen molar-refractivity contribution in [3.8, 4) is 11.5 Å². The number of fused-ring (bicyclic) bond motifs is 1. The second kappa shape index (κ2) is 7.85. The monoisotopic (exact) mass is 437 g/mol. The highest BCUT2D eigenvalue weighted by Gasteiger charge is 2.35. The van der Waals surface area contributed by atoms with Gasteiger partial charge < -0.3 is 10.1 Å². The smallest absolute Gasteiger partial charge is 0.274 e. The largest absolute Gasteiger partial charge is 0.457 e. The molecule has 2 aliphatic rings. The first-order valence-electron chi connectivity index (χ1n) is 10.4. The lowest BCUT2D eigenvalue weighted by molar-refractivity contribution is 0.101. The van der Waals surface area contributed by atoms with Gasteiger partial charge in [-0.05, 0) is 62.1 Å². The minimum atomic E-state index is -3.07. The van der Waals surface area contributed by atoms with Crippen LogP contribution in [0.1, 0.15) is 40.6 Å². The number of nitrogens with one attached hydrogen (secondary N) is 1. The minimum absolute atomic E-state index is 0.0410. The van der Waals surface area contributed by atoms with Gasteiger partial charge in [0, 0.05) is 11.3 Å². The quantitative estimate of drug-likeness (QED) is 0.656. The van der Waals surface area contributed by atoms with Crippen molar-refractivity contribution in [1.29, 1.82) is 0 Å². The van der Waals surface area contributed by atoms with Gasteiger partial charge in [0.2, 0.25) is 0 Å². The van der Waals surface area contributed by atoms with Crippen molar-refractivity contribution >= 4 is 21.4 Å². The molecular formula is C23H23N3O4S. The van der Waals surface area contributed by atoms with Crippen LogP contribution in [0.2, 0.25) is 0 Å². The van der Waals surface area contributed by atoms with Crippen LogP contribution < -0.4 is 10.1 Å². The van der Waals surface area contributed by atoms with Gasteiger partial charge in [0.05, 0.1) is 23.2 Å². The zero-order valence-corrected chi connectivity index (χ0v) is 17.8. The number of aromatic nitrogens is 2. The fraction of sp³-hybridized carbons (Fsp3) is 0.304. The molecule has 3 aromatic rings. The van der Waals surface area contributed by atoms with Crippen molar-refractivity contribution in [3.05, 3.63) is 71.5 Å². The number of hydrogen-bond acceptors (Lipinski definition) is 5. The van der Waals surface area contributed by atoms with Crippen molar-refractivity contribution in [3.63, 3.8) is 0 Å². The zero-order valence-electron chi connectivity index (χ0n) is 17.0. The molecule has 1 aromatic heterocycles. The summed E-state index contributed by atoms with van der Waals surface area (Å²) < 4.78 is 31.4. The summed E-state index contributed by atoms with van der Waals surface area (Å²) in [6.07, 6.45) is 3.08. The molecular weight excluding hydrogens is 414 g/mol. The van der Waals surface area contributed by atoms with Crippen LogP contribution in [0.15, 0.2) is 54.6 Å². The molecule has 0 spiro atoms. The lowest BCUT2D eigenvalue weighted by Crippen LogP contribution is -2.23. The first kappa shape index (κ1) is 19.8. The number of para-hydroxylation sites is 1. The third-order valence-corrected chi connectivity index (χ3v) is 7.54. The van der Waals surface area contributed by atoms with Crippen molar-refractivity contribution in [2.24, 2.45) is 0 Å². The van der Waals surface area contributed by atoms with E-state index in [1.807, 2.05) is 30.3 Å². The van der Waals surface area contributed by atoms with Crippen LogP contribution >= 0.6 is 0 Å². The highest BCUT2D eigenvalue weighted by atomic mass is 32.2. The van der Waals surface area contributed by atoms with Crippen LogP contribution in [0.25, 0.3) is 0 Å². The van der Waals surface area contributed by atoms with Gasteiger partial charge in [0.1, 0.15) is 17.2 Å². The number of anilines is 1. The first-order chi connectivity index (χ1) is 15.0. The van der Waals surface area contributed by atoms with Gasteiger partial charge in [0.15, 0.2) is 9.84 Å². The van der Waals surface area contributed by atoms with Gasteiger partial charge in [-0.15, -0.1) is 0 Å². The van der Waals surface area contributed by atoms with E-state index in [9.17, 15) is 13.2 Å². The van der Waals surface area contributed by atoms with Gasteiger partial charge in [0.25, 0.3) is 5.91 Å². The number of benzene rings is 2. The van der Waals surface area contributed by atoms with E-state index in [0.717, 1.165) is 36.3 Å². The molecule has 2 heterocycles. The Balaban J connectivity index is 1.36. The molecule has 1 saturated heterocycles.